The van der Waals surface area contributed by atoms with Gasteiger partial charge in [0, 0.05) is 14.7 Å². The first-order chi connectivity index (χ1) is 15.4. The topological polar surface area (TPSA) is 57.1 Å². The van der Waals surface area contributed by atoms with Crippen molar-refractivity contribution in [2.24, 2.45) is 4.99 Å². The molecule has 0 spiro atoms. The highest BCUT2D eigenvalue weighted by atomic mass is 127. The van der Waals surface area contributed by atoms with Crippen LogP contribution in [0.5, 0.6) is 11.5 Å². The fourth-order valence-corrected chi connectivity index (χ4v) is 4.23. The van der Waals surface area contributed by atoms with Crippen LogP contribution in [0.15, 0.2) is 75.8 Å². The first kappa shape index (κ1) is 22.5. The number of cyclic esters (lactones) is 1. The minimum Gasteiger partial charge on any atom is -0.493 e. The first-order valence-electron chi connectivity index (χ1n) is 9.78. The second-order valence-electron chi connectivity index (χ2n) is 7.12. The first-order valence-corrected chi connectivity index (χ1v) is 11.6. The molecule has 3 aromatic carbocycles. The van der Waals surface area contributed by atoms with E-state index in [1.165, 1.54) is 0 Å². The zero-order chi connectivity index (χ0) is 22.7. The molecule has 0 aliphatic carbocycles. The highest BCUT2D eigenvalue weighted by Crippen LogP contribution is 2.38. The van der Waals surface area contributed by atoms with Gasteiger partial charge in [0.1, 0.15) is 6.61 Å². The number of halogens is 2. The lowest BCUT2D eigenvalue weighted by Gasteiger charge is -2.14. The molecule has 0 unspecified atom stereocenters. The summed E-state index contributed by atoms with van der Waals surface area (Å²) in [6, 6.07) is 19.3. The maximum atomic E-state index is 12.4. The molecule has 1 aliphatic rings. The molecule has 0 N–H and O–H groups in total. The van der Waals surface area contributed by atoms with Crippen LogP contribution in [0.4, 0.5) is 0 Å². The molecular formula is C25H19BrINO4. The van der Waals surface area contributed by atoms with Gasteiger partial charge in [-0.2, -0.15) is 0 Å². The maximum Gasteiger partial charge on any atom is 0.363 e. The number of carbonyl (C=O) groups is 1. The molecule has 0 radical (unpaired) electrons. The molecule has 5 nitrogen and oxygen atoms in total. The van der Waals surface area contributed by atoms with E-state index >= 15 is 0 Å². The molecule has 3 aromatic rings. The van der Waals surface area contributed by atoms with E-state index in [0.29, 0.717) is 28.5 Å². The van der Waals surface area contributed by atoms with E-state index in [1.54, 1.807) is 19.3 Å². The van der Waals surface area contributed by atoms with Crippen LogP contribution in [-0.4, -0.2) is 19.0 Å². The van der Waals surface area contributed by atoms with Crippen molar-refractivity contribution in [1.29, 1.82) is 0 Å². The summed E-state index contributed by atoms with van der Waals surface area (Å²) in [6.45, 7) is 2.40. The summed E-state index contributed by atoms with van der Waals surface area (Å²) in [5.41, 5.74) is 3.92. The van der Waals surface area contributed by atoms with Crippen molar-refractivity contribution in [3.63, 3.8) is 0 Å². The molecule has 1 heterocycles. The van der Waals surface area contributed by atoms with Gasteiger partial charge in [0.05, 0.1) is 11.6 Å². The summed E-state index contributed by atoms with van der Waals surface area (Å²) >= 11 is 5.85. The van der Waals surface area contributed by atoms with Crippen LogP contribution in [-0.2, 0) is 16.1 Å². The largest absolute Gasteiger partial charge is 0.493 e. The van der Waals surface area contributed by atoms with Crippen LogP contribution >= 0.6 is 38.5 Å². The molecule has 0 atom stereocenters. The number of benzene rings is 3. The number of hydrogen-bond acceptors (Lipinski definition) is 5. The van der Waals surface area contributed by atoms with Crippen molar-refractivity contribution in [2.75, 3.05) is 7.11 Å². The van der Waals surface area contributed by atoms with Crippen LogP contribution in [0.3, 0.4) is 0 Å². The molecule has 0 saturated heterocycles. The molecule has 162 valence electrons. The van der Waals surface area contributed by atoms with Crippen molar-refractivity contribution in [2.45, 2.75) is 13.5 Å². The normalized spacial score (nSPS) is 14.3. The quantitative estimate of drug-likeness (QED) is 0.189. The average molecular weight is 604 g/mol. The molecule has 32 heavy (non-hydrogen) atoms. The zero-order valence-electron chi connectivity index (χ0n) is 17.4. The Balaban J connectivity index is 1.59. The van der Waals surface area contributed by atoms with E-state index in [2.05, 4.69) is 43.5 Å². The third-order valence-electron chi connectivity index (χ3n) is 4.80. The molecule has 0 saturated carbocycles. The SMILES string of the molecule is COc1cc(/C=C2\N=C(c3ccc(C)cc3)OC2=O)cc(Br)c1OCc1ccccc1I. The predicted octanol–water partition coefficient (Wildman–Crippen LogP) is 6.29. The zero-order valence-corrected chi connectivity index (χ0v) is 21.1. The van der Waals surface area contributed by atoms with Gasteiger partial charge in [-0.25, -0.2) is 9.79 Å². The van der Waals surface area contributed by atoms with E-state index in [0.717, 1.165) is 25.8 Å². The van der Waals surface area contributed by atoms with Crippen LogP contribution in [0.2, 0.25) is 0 Å². The van der Waals surface area contributed by atoms with Crippen LogP contribution in [0.1, 0.15) is 22.3 Å². The van der Waals surface area contributed by atoms with Crippen molar-refractivity contribution in [3.8, 4) is 11.5 Å². The lowest BCUT2D eigenvalue weighted by Crippen LogP contribution is -2.05. The van der Waals surface area contributed by atoms with Crippen molar-refractivity contribution in [1.82, 2.24) is 0 Å². The van der Waals surface area contributed by atoms with Gasteiger partial charge in [-0.1, -0.05) is 35.9 Å². The molecule has 0 amide bonds. The summed E-state index contributed by atoms with van der Waals surface area (Å²) in [6.07, 6.45) is 1.67. The van der Waals surface area contributed by atoms with Gasteiger partial charge in [-0.05, 0) is 87.4 Å². The number of ether oxygens (including phenoxy) is 3. The van der Waals surface area contributed by atoms with Gasteiger partial charge in [0.25, 0.3) is 0 Å². The number of nitrogens with zero attached hydrogens (tertiary/aromatic N) is 1. The standard InChI is InChI=1S/C25H19BrINO4/c1-15-7-9-17(10-8-15)24-28-21(25(29)32-24)12-16-11-19(26)23(22(13-16)30-2)31-14-18-5-3-4-6-20(18)27/h3-13H,14H2,1-2H3/b21-12-. The Labute approximate surface area is 208 Å². The van der Waals surface area contributed by atoms with Gasteiger partial charge in [-0.15, -0.1) is 0 Å². The van der Waals surface area contributed by atoms with E-state index in [1.807, 2.05) is 61.5 Å². The van der Waals surface area contributed by atoms with E-state index in [-0.39, 0.29) is 5.70 Å². The number of carbonyl (C=O) groups excluding carboxylic acids is 1. The Kier molecular flexibility index (Phi) is 6.95. The second-order valence-corrected chi connectivity index (χ2v) is 9.13. The third-order valence-corrected chi connectivity index (χ3v) is 6.45. The Morgan fingerprint density at radius 3 is 2.59 bits per heavy atom. The number of methoxy groups -OCH3 is 1. The highest BCUT2D eigenvalue weighted by molar-refractivity contribution is 14.1. The lowest BCUT2D eigenvalue weighted by atomic mass is 10.1. The summed E-state index contributed by atoms with van der Waals surface area (Å²) < 4.78 is 18.8. The number of aryl methyl sites for hydroxylation is 1. The van der Waals surface area contributed by atoms with Gasteiger partial charge in [-0.3, -0.25) is 0 Å². The summed E-state index contributed by atoms with van der Waals surface area (Å²) in [7, 11) is 1.58. The van der Waals surface area contributed by atoms with Crippen molar-refractivity contribution >= 4 is 56.5 Å². The highest BCUT2D eigenvalue weighted by Gasteiger charge is 2.24. The number of esters is 1. The minimum atomic E-state index is -0.491. The number of rotatable bonds is 6. The predicted molar refractivity (Wildman–Crippen MR) is 136 cm³/mol. The molecule has 0 aromatic heterocycles. The van der Waals surface area contributed by atoms with E-state index in [9.17, 15) is 4.79 Å². The Bertz CT molecular complexity index is 1240. The molecule has 4 rings (SSSR count). The minimum absolute atomic E-state index is 0.224. The van der Waals surface area contributed by atoms with Crippen LogP contribution in [0.25, 0.3) is 6.08 Å². The van der Waals surface area contributed by atoms with Gasteiger partial charge >= 0.3 is 5.97 Å². The van der Waals surface area contributed by atoms with Crippen molar-refractivity contribution in [3.05, 3.63) is 96.7 Å². The maximum absolute atomic E-state index is 12.4. The smallest absolute Gasteiger partial charge is 0.363 e. The fraction of sp³-hybridized carbons (Fsp3) is 0.120. The average Bonchev–Trinajstić information content (AvgIpc) is 3.14. The monoisotopic (exact) mass is 603 g/mol. The molecule has 0 fully saturated rings. The van der Waals surface area contributed by atoms with Crippen LogP contribution < -0.4 is 9.47 Å². The van der Waals surface area contributed by atoms with Gasteiger partial charge in [0.2, 0.25) is 5.90 Å². The van der Waals surface area contributed by atoms with E-state index < -0.39 is 5.97 Å². The second kappa shape index (κ2) is 9.87. The molecular weight excluding hydrogens is 585 g/mol. The Morgan fingerprint density at radius 2 is 1.88 bits per heavy atom. The van der Waals surface area contributed by atoms with Gasteiger partial charge < -0.3 is 14.2 Å². The summed E-state index contributed by atoms with van der Waals surface area (Å²) in [4.78, 5) is 16.7. The summed E-state index contributed by atoms with van der Waals surface area (Å²) in [5.74, 6) is 0.942. The molecule has 1 aliphatic heterocycles. The van der Waals surface area contributed by atoms with E-state index in [4.69, 9.17) is 14.2 Å². The third kappa shape index (κ3) is 5.05. The Morgan fingerprint density at radius 1 is 1.12 bits per heavy atom. The van der Waals surface area contributed by atoms with Gasteiger partial charge in [0.15, 0.2) is 17.2 Å². The summed E-state index contributed by atoms with van der Waals surface area (Å²) in [5, 5.41) is 0. The van der Waals surface area contributed by atoms with Crippen molar-refractivity contribution < 1.29 is 19.0 Å². The number of aliphatic imine (C=N–C) groups is 1. The Hall–Kier alpha value is -2.65. The number of hydrogen-bond donors (Lipinski definition) is 0. The fourth-order valence-electron chi connectivity index (χ4n) is 3.12. The van der Waals surface area contributed by atoms with Crippen LogP contribution in [0, 0.1) is 10.5 Å². The lowest BCUT2D eigenvalue weighted by molar-refractivity contribution is -0.129. The molecule has 0 bridgehead atoms. The molecule has 7 heteroatoms.